The van der Waals surface area contributed by atoms with E-state index in [-0.39, 0.29) is 11.7 Å². The lowest BCUT2D eigenvalue weighted by atomic mass is 10.1. The molecule has 0 spiro atoms. The van der Waals surface area contributed by atoms with Gasteiger partial charge < -0.3 is 0 Å². The first-order valence-electron chi connectivity index (χ1n) is 9.31. The third kappa shape index (κ3) is 5.90. The van der Waals surface area contributed by atoms with E-state index < -0.39 is 5.82 Å². The predicted octanol–water partition coefficient (Wildman–Crippen LogP) is 5.37. The van der Waals surface area contributed by atoms with Gasteiger partial charge in [-0.1, -0.05) is 95.5 Å². The highest BCUT2D eigenvalue weighted by molar-refractivity contribution is 8.03. The molecule has 156 valence electrons. The quantitative estimate of drug-likeness (QED) is 0.214. The molecular weight excluding hydrogens is 451 g/mol. The zero-order valence-electron chi connectivity index (χ0n) is 16.2. The van der Waals surface area contributed by atoms with Crippen LogP contribution >= 0.6 is 34.9 Å². The minimum atomic E-state index is -0.391. The van der Waals surface area contributed by atoms with E-state index >= 15 is 0 Å². The van der Waals surface area contributed by atoms with Crippen LogP contribution in [0.15, 0.2) is 80.5 Å². The number of nitrogens with zero attached hydrogens (tertiary/aromatic N) is 3. The van der Waals surface area contributed by atoms with Crippen molar-refractivity contribution in [1.29, 1.82) is 0 Å². The molecule has 31 heavy (non-hydrogen) atoms. The zero-order valence-corrected chi connectivity index (χ0v) is 18.6. The van der Waals surface area contributed by atoms with Crippen molar-refractivity contribution in [2.75, 3.05) is 5.75 Å². The fourth-order valence-electron chi connectivity index (χ4n) is 2.78. The van der Waals surface area contributed by atoms with E-state index in [1.165, 1.54) is 51.7 Å². The van der Waals surface area contributed by atoms with Crippen LogP contribution in [0, 0.1) is 5.82 Å². The number of thioether (sulfide) groups is 2. The maximum atomic E-state index is 13.5. The molecule has 0 aliphatic carbocycles. The van der Waals surface area contributed by atoms with Gasteiger partial charge in [0.15, 0.2) is 8.68 Å². The summed E-state index contributed by atoms with van der Waals surface area (Å²) in [7, 11) is 0. The first-order chi connectivity index (χ1) is 15.2. The largest absolute Gasteiger partial charge is 0.272 e. The van der Waals surface area contributed by atoms with Gasteiger partial charge >= 0.3 is 0 Å². The second-order valence-electron chi connectivity index (χ2n) is 6.36. The predicted molar refractivity (Wildman–Crippen MR) is 126 cm³/mol. The van der Waals surface area contributed by atoms with Crippen LogP contribution in [0.4, 0.5) is 4.39 Å². The fraction of sp³-hybridized carbons (Fsp3) is 0.0909. The third-order valence-electron chi connectivity index (χ3n) is 4.24. The van der Waals surface area contributed by atoms with Crippen LogP contribution in [0.2, 0.25) is 0 Å². The van der Waals surface area contributed by atoms with Crippen LogP contribution in [0.1, 0.15) is 11.1 Å². The van der Waals surface area contributed by atoms with Gasteiger partial charge in [0.2, 0.25) is 0 Å². The van der Waals surface area contributed by atoms with Crippen molar-refractivity contribution in [2.24, 2.45) is 5.10 Å². The zero-order chi connectivity index (χ0) is 21.5. The number of nitrogens with one attached hydrogen (secondary N) is 1. The first-order valence-corrected chi connectivity index (χ1v) is 12.1. The van der Waals surface area contributed by atoms with Gasteiger partial charge in [0.25, 0.3) is 5.91 Å². The third-order valence-corrected chi connectivity index (χ3v) is 7.48. The van der Waals surface area contributed by atoms with Crippen LogP contribution in [0.5, 0.6) is 0 Å². The summed E-state index contributed by atoms with van der Waals surface area (Å²) in [6.07, 6.45) is 1.28. The summed E-state index contributed by atoms with van der Waals surface area (Å²) >= 11 is 4.38. The molecule has 1 amide bonds. The molecule has 1 heterocycles. The van der Waals surface area contributed by atoms with E-state index in [4.69, 9.17) is 0 Å². The Morgan fingerprint density at radius 1 is 1.00 bits per heavy atom. The molecule has 0 saturated carbocycles. The fourth-order valence-corrected chi connectivity index (χ4v) is 5.60. The minimum Gasteiger partial charge on any atom is -0.272 e. The van der Waals surface area contributed by atoms with Gasteiger partial charge in [0.1, 0.15) is 5.82 Å². The van der Waals surface area contributed by atoms with Crippen molar-refractivity contribution in [3.63, 3.8) is 0 Å². The average Bonchev–Trinajstić information content (AvgIpc) is 3.25. The lowest BCUT2D eigenvalue weighted by Crippen LogP contribution is -2.19. The Balaban J connectivity index is 1.26. The maximum absolute atomic E-state index is 13.5. The van der Waals surface area contributed by atoms with Gasteiger partial charge in [0, 0.05) is 11.3 Å². The number of hydrazone groups is 1. The van der Waals surface area contributed by atoms with E-state index in [0.29, 0.717) is 9.90 Å². The van der Waals surface area contributed by atoms with Gasteiger partial charge in [-0.05, 0) is 22.4 Å². The van der Waals surface area contributed by atoms with Crippen molar-refractivity contribution in [3.8, 4) is 0 Å². The van der Waals surface area contributed by atoms with E-state index in [1.54, 1.807) is 30.0 Å². The van der Waals surface area contributed by atoms with Crippen LogP contribution in [-0.4, -0.2) is 28.1 Å². The van der Waals surface area contributed by atoms with Crippen molar-refractivity contribution in [3.05, 3.63) is 83.7 Å². The maximum Gasteiger partial charge on any atom is 0.250 e. The van der Waals surface area contributed by atoms with Gasteiger partial charge in [0.05, 0.1) is 12.0 Å². The molecular formula is C22H17FN4OS3. The Kier molecular flexibility index (Phi) is 7.29. The molecule has 0 aliphatic heterocycles. The lowest BCUT2D eigenvalue weighted by molar-refractivity contribution is -0.118. The molecule has 9 heteroatoms. The summed E-state index contributed by atoms with van der Waals surface area (Å²) < 4.78 is 15.1. The first kappa shape index (κ1) is 21.5. The minimum absolute atomic E-state index is 0.150. The number of rotatable bonds is 8. The standard InChI is InChI=1S/C22H17FN4OS3/c23-19-11-4-2-7-16(19)12-24-25-20(28)14-30-22-27-26-21(31-22)29-13-17-9-5-8-15-6-1-3-10-18(15)17/h1-12H,13-14H2,(H,25,28). The van der Waals surface area contributed by atoms with Gasteiger partial charge in [-0.2, -0.15) is 5.10 Å². The Morgan fingerprint density at radius 3 is 2.61 bits per heavy atom. The average molecular weight is 469 g/mol. The second kappa shape index (κ2) is 10.5. The molecule has 0 fully saturated rings. The van der Waals surface area contributed by atoms with Crippen LogP contribution in [0.25, 0.3) is 10.8 Å². The Morgan fingerprint density at radius 2 is 1.74 bits per heavy atom. The molecule has 1 aromatic heterocycles. The van der Waals surface area contributed by atoms with Crippen molar-refractivity contribution < 1.29 is 9.18 Å². The molecule has 0 bridgehead atoms. The van der Waals surface area contributed by atoms with E-state index in [2.05, 4.69) is 51.1 Å². The number of benzene rings is 3. The molecule has 0 atom stereocenters. The smallest absolute Gasteiger partial charge is 0.250 e. The number of fused-ring (bicyclic) bond motifs is 1. The normalized spacial score (nSPS) is 11.3. The number of carbonyl (C=O) groups excluding carboxylic acids is 1. The topological polar surface area (TPSA) is 67.2 Å². The summed E-state index contributed by atoms with van der Waals surface area (Å²) in [5, 5.41) is 14.6. The summed E-state index contributed by atoms with van der Waals surface area (Å²) in [6, 6.07) is 20.8. The van der Waals surface area contributed by atoms with Gasteiger partial charge in [-0.15, -0.1) is 10.2 Å². The monoisotopic (exact) mass is 468 g/mol. The number of carbonyl (C=O) groups is 1. The highest BCUT2D eigenvalue weighted by Gasteiger charge is 2.09. The molecule has 1 N–H and O–H groups in total. The Labute approximate surface area is 191 Å². The molecule has 0 radical (unpaired) electrons. The highest BCUT2D eigenvalue weighted by atomic mass is 32.2. The second-order valence-corrected chi connectivity index (χ2v) is 9.79. The summed E-state index contributed by atoms with van der Waals surface area (Å²) in [6.45, 7) is 0. The molecule has 0 saturated heterocycles. The molecule has 0 aliphatic rings. The molecule has 5 nitrogen and oxygen atoms in total. The summed E-state index contributed by atoms with van der Waals surface area (Å²) in [4.78, 5) is 11.9. The van der Waals surface area contributed by atoms with Crippen LogP contribution in [-0.2, 0) is 10.5 Å². The van der Waals surface area contributed by atoms with E-state index in [0.717, 1.165) is 10.1 Å². The molecule has 4 aromatic rings. The van der Waals surface area contributed by atoms with Crippen molar-refractivity contribution in [2.45, 2.75) is 14.4 Å². The summed E-state index contributed by atoms with van der Waals surface area (Å²) in [5.41, 5.74) is 3.96. The molecule has 4 rings (SSSR count). The molecule has 3 aromatic carbocycles. The van der Waals surface area contributed by atoms with Crippen LogP contribution in [0.3, 0.4) is 0 Å². The number of hydrogen-bond acceptors (Lipinski definition) is 7. The van der Waals surface area contributed by atoms with Gasteiger partial charge in [-0.25, -0.2) is 9.82 Å². The van der Waals surface area contributed by atoms with Crippen molar-refractivity contribution >= 4 is 57.8 Å². The lowest BCUT2D eigenvalue weighted by Gasteiger charge is -2.04. The Bertz CT molecular complexity index is 1220. The SMILES string of the molecule is O=C(CSc1nnc(SCc2cccc3ccccc23)s1)NN=Cc1ccccc1F. The summed E-state index contributed by atoms with van der Waals surface area (Å²) in [5.74, 6) is 0.262. The van der Waals surface area contributed by atoms with E-state index in [9.17, 15) is 9.18 Å². The van der Waals surface area contributed by atoms with Gasteiger partial charge in [-0.3, -0.25) is 4.79 Å². The Hall–Kier alpha value is -2.75. The van der Waals surface area contributed by atoms with E-state index in [1.807, 2.05) is 12.1 Å². The highest BCUT2D eigenvalue weighted by Crippen LogP contribution is 2.32. The van der Waals surface area contributed by atoms with Crippen LogP contribution < -0.4 is 5.43 Å². The molecule has 0 unspecified atom stereocenters. The number of amides is 1. The number of halogens is 1. The van der Waals surface area contributed by atoms with Crippen molar-refractivity contribution in [1.82, 2.24) is 15.6 Å². The number of hydrogen-bond donors (Lipinski definition) is 1. The number of aromatic nitrogens is 2.